The van der Waals surface area contributed by atoms with Gasteiger partial charge in [-0.2, -0.15) is 8.75 Å². The Balaban J connectivity index is 1.74. The van der Waals surface area contributed by atoms with Gasteiger partial charge >= 0.3 is 6.03 Å². The number of carbonyl (C=O) groups excluding carboxylic acids is 1. The van der Waals surface area contributed by atoms with Crippen LogP contribution in [0.15, 0.2) is 30.5 Å². The van der Waals surface area contributed by atoms with Crippen molar-refractivity contribution >= 4 is 23.6 Å². The maximum absolute atomic E-state index is 11.9. The molecule has 1 aromatic heterocycles. The largest absolute Gasteiger partial charge is 0.391 e. The average Bonchev–Trinajstić information content (AvgIpc) is 2.95. The molecule has 104 valence electrons. The molecule has 20 heavy (non-hydrogen) atoms. The SMILES string of the molecule is O=C(Nc1cnsn1)N[C@H]1c2ccccc2CC[C@H]1O. The molecule has 6 nitrogen and oxygen atoms in total. The average molecular weight is 290 g/mol. The highest BCUT2D eigenvalue weighted by Crippen LogP contribution is 2.29. The Kier molecular flexibility index (Phi) is 3.62. The van der Waals surface area contributed by atoms with Gasteiger partial charge in [-0.05, 0) is 24.0 Å². The molecule has 1 heterocycles. The van der Waals surface area contributed by atoms with Gasteiger partial charge in [-0.3, -0.25) is 5.32 Å². The Morgan fingerprint density at radius 3 is 3.05 bits per heavy atom. The number of amides is 2. The van der Waals surface area contributed by atoms with Crippen LogP contribution in [0.2, 0.25) is 0 Å². The summed E-state index contributed by atoms with van der Waals surface area (Å²) in [7, 11) is 0. The van der Waals surface area contributed by atoms with E-state index < -0.39 is 18.2 Å². The molecule has 3 N–H and O–H groups in total. The van der Waals surface area contributed by atoms with Crippen LogP contribution in [0.1, 0.15) is 23.6 Å². The summed E-state index contributed by atoms with van der Waals surface area (Å²) in [5, 5.41) is 15.5. The summed E-state index contributed by atoms with van der Waals surface area (Å²) in [5.41, 5.74) is 2.14. The Morgan fingerprint density at radius 1 is 1.40 bits per heavy atom. The van der Waals surface area contributed by atoms with E-state index in [0.717, 1.165) is 23.7 Å². The minimum Gasteiger partial charge on any atom is -0.391 e. The zero-order valence-electron chi connectivity index (χ0n) is 10.6. The first kappa shape index (κ1) is 13.0. The molecular formula is C13H14N4O2S. The van der Waals surface area contributed by atoms with E-state index in [4.69, 9.17) is 0 Å². The highest BCUT2D eigenvalue weighted by molar-refractivity contribution is 6.99. The van der Waals surface area contributed by atoms with E-state index >= 15 is 0 Å². The van der Waals surface area contributed by atoms with Crippen LogP contribution in [-0.2, 0) is 6.42 Å². The van der Waals surface area contributed by atoms with Gasteiger partial charge < -0.3 is 10.4 Å². The molecule has 0 saturated carbocycles. The number of anilines is 1. The number of urea groups is 1. The predicted octanol–water partition coefficient (Wildman–Crippen LogP) is 1.71. The number of hydrogen-bond acceptors (Lipinski definition) is 5. The lowest BCUT2D eigenvalue weighted by Crippen LogP contribution is -2.41. The summed E-state index contributed by atoms with van der Waals surface area (Å²) in [4.78, 5) is 11.9. The van der Waals surface area contributed by atoms with Crippen LogP contribution < -0.4 is 10.6 Å². The number of carbonyl (C=O) groups is 1. The number of aliphatic hydroxyl groups excluding tert-OH is 1. The van der Waals surface area contributed by atoms with Crippen molar-refractivity contribution in [1.82, 2.24) is 14.1 Å². The molecule has 2 aromatic rings. The smallest absolute Gasteiger partial charge is 0.321 e. The maximum Gasteiger partial charge on any atom is 0.321 e. The van der Waals surface area contributed by atoms with Crippen LogP contribution in [0.4, 0.5) is 10.6 Å². The third-order valence-electron chi connectivity index (χ3n) is 3.37. The summed E-state index contributed by atoms with van der Waals surface area (Å²) in [6.07, 6.45) is 2.37. The second-order valence-corrected chi connectivity index (χ2v) is 5.23. The predicted molar refractivity (Wildman–Crippen MR) is 75.6 cm³/mol. The van der Waals surface area contributed by atoms with Crippen molar-refractivity contribution in [2.45, 2.75) is 25.0 Å². The van der Waals surface area contributed by atoms with Crippen molar-refractivity contribution in [3.8, 4) is 0 Å². The minimum absolute atomic E-state index is 0.390. The third kappa shape index (κ3) is 2.63. The summed E-state index contributed by atoms with van der Waals surface area (Å²) < 4.78 is 7.72. The molecule has 0 aliphatic heterocycles. The first-order valence-electron chi connectivity index (χ1n) is 6.35. The van der Waals surface area contributed by atoms with E-state index in [-0.39, 0.29) is 0 Å². The first-order chi connectivity index (χ1) is 9.74. The van der Waals surface area contributed by atoms with Crippen molar-refractivity contribution < 1.29 is 9.90 Å². The number of aryl methyl sites for hydroxylation is 1. The molecular weight excluding hydrogens is 276 g/mol. The van der Waals surface area contributed by atoms with Gasteiger partial charge in [0.25, 0.3) is 0 Å². The monoisotopic (exact) mass is 290 g/mol. The van der Waals surface area contributed by atoms with Gasteiger partial charge in [-0.1, -0.05) is 24.3 Å². The summed E-state index contributed by atoms with van der Waals surface area (Å²) in [6, 6.07) is 7.05. The maximum atomic E-state index is 11.9. The standard InChI is InChI=1S/C13H14N4O2S/c18-10-6-5-8-3-1-2-4-9(8)12(10)16-13(19)15-11-7-14-20-17-11/h1-4,7,10,12,18H,5-6H2,(H2,15,16,17,19)/t10-,12+/m1/s1. The van der Waals surface area contributed by atoms with Crippen molar-refractivity contribution in [3.63, 3.8) is 0 Å². The fourth-order valence-electron chi connectivity index (χ4n) is 2.43. The number of nitrogens with zero attached hydrogens (tertiary/aromatic N) is 2. The molecule has 0 saturated heterocycles. The summed E-state index contributed by atoms with van der Waals surface area (Å²) in [5.74, 6) is 0.408. The fraction of sp³-hybridized carbons (Fsp3) is 0.308. The Morgan fingerprint density at radius 2 is 2.25 bits per heavy atom. The number of nitrogens with one attached hydrogen (secondary N) is 2. The van der Waals surface area contributed by atoms with Gasteiger partial charge in [0.15, 0.2) is 5.82 Å². The van der Waals surface area contributed by atoms with Crippen LogP contribution in [-0.4, -0.2) is 26.0 Å². The van der Waals surface area contributed by atoms with E-state index in [0.29, 0.717) is 12.2 Å². The Hall–Kier alpha value is -1.99. The van der Waals surface area contributed by atoms with Crippen molar-refractivity contribution in [2.24, 2.45) is 0 Å². The van der Waals surface area contributed by atoms with Crippen LogP contribution in [0.5, 0.6) is 0 Å². The van der Waals surface area contributed by atoms with Crippen LogP contribution >= 0.6 is 11.7 Å². The lowest BCUT2D eigenvalue weighted by Gasteiger charge is -2.30. The quantitative estimate of drug-likeness (QED) is 0.785. The number of benzene rings is 1. The van der Waals surface area contributed by atoms with Crippen molar-refractivity contribution in [2.75, 3.05) is 5.32 Å². The summed E-state index contributed by atoms with van der Waals surface area (Å²) >= 11 is 1.02. The summed E-state index contributed by atoms with van der Waals surface area (Å²) in [6.45, 7) is 0. The highest BCUT2D eigenvalue weighted by Gasteiger charge is 2.29. The van der Waals surface area contributed by atoms with E-state index in [9.17, 15) is 9.90 Å². The van der Waals surface area contributed by atoms with Crippen LogP contribution in [0.3, 0.4) is 0 Å². The van der Waals surface area contributed by atoms with Gasteiger partial charge in [0.1, 0.15) is 0 Å². The Bertz CT molecular complexity index is 602. The highest BCUT2D eigenvalue weighted by atomic mass is 32.1. The fourth-order valence-corrected chi connectivity index (χ4v) is 2.80. The number of aliphatic hydroxyl groups is 1. The van der Waals surface area contributed by atoms with Crippen molar-refractivity contribution in [1.29, 1.82) is 0 Å². The molecule has 1 aliphatic rings. The van der Waals surface area contributed by atoms with Crippen molar-refractivity contribution in [3.05, 3.63) is 41.6 Å². The van der Waals surface area contributed by atoms with E-state index in [1.165, 1.54) is 11.8 Å². The molecule has 0 radical (unpaired) electrons. The van der Waals surface area contributed by atoms with Gasteiger partial charge in [0.05, 0.1) is 30.1 Å². The lowest BCUT2D eigenvalue weighted by molar-refractivity contribution is 0.114. The number of aromatic nitrogens is 2. The lowest BCUT2D eigenvalue weighted by atomic mass is 9.86. The number of hydrogen-bond donors (Lipinski definition) is 3. The minimum atomic E-state index is -0.579. The second-order valence-electron chi connectivity index (χ2n) is 4.67. The molecule has 7 heteroatoms. The third-order valence-corrected chi connectivity index (χ3v) is 3.85. The molecule has 3 rings (SSSR count). The first-order valence-corrected chi connectivity index (χ1v) is 7.08. The van der Waals surface area contributed by atoms with E-state index in [1.54, 1.807) is 0 Å². The molecule has 0 fully saturated rings. The molecule has 0 spiro atoms. The van der Waals surface area contributed by atoms with Gasteiger partial charge in [0, 0.05) is 0 Å². The van der Waals surface area contributed by atoms with E-state index in [1.807, 2.05) is 24.3 Å². The zero-order valence-corrected chi connectivity index (χ0v) is 11.4. The zero-order chi connectivity index (χ0) is 13.9. The molecule has 0 bridgehead atoms. The number of rotatable bonds is 2. The number of fused-ring (bicyclic) bond motifs is 1. The topological polar surface area (TPSA) is 87.1 Å². The molecule has 2 amide bonds. The Labute approximate surface area is 120 Å². The molecule has 1 aliphatic carbocycles. The van der Waals surface area contributed by atoms with E-state index in [2.05, 4.69) is 19.4 Å². The van der Waals surface area contributed by atoms with Gasteiger partial charge in [0.2, 0.25) is 0 Å². The van der Waals surface area contributed by atoms with Crippen LogP contribution in [0, 0.1) is 0 Å². The van der Waals surface area contributed by atoms with Crippen LogP contribution in [0.25, 0.3) is 0 Å². The van der Waals surface area contributed by atoms with Gasteiger partial charge in [-0.15, -0.1) is 0 Å². The molecule has 2 atom stereocenters. The normalized spacial score (nSPS) is 21.1. The second kappa shape index (κ2) is 5.56. The molecule has 0 unspecified atom stereocenters. The van der Waals surface area contributed by atoms with Gasteiger partial charge in [-0.25, -0.2) is 4.79 Å². The molecule has 1 aromatic carbocycles.